The van der Waals surface area contributed by atoms with Crippen molar-refractivity contribution >= 4 is 23.6 Å². The first-order chi connectivity index (χ1) is 12.0. The Morgan fingerprint density at radius 3 is 2.20 bits per heavy atom. The van der Waals surface area contributed by atoms with Gasteiger partial charge in [-0.25, -0.2) is 0 Å². The lowest BCUT2D eigenvalue weighted by atomic mass is 10.1. The first kappa shape index (κ1) is 19.0. The zero-order chi connectivity index (χ0) is 18.2. The van der Waals surface area contributed by atoms with Crippen molar-refractivity contribution in [2.75, 3.05) is 12.8 Å². The Morgan fingerprint density at radius 2 is 1.60 bits per heavy atom. The minimum absolute atomic E-state index is 0.0185. The zero-order valence-corrected chi connectivity index (χ0v) is 15.1. The van der Waals surface area contributed by atoms with E-state index in [-0.39, 0.29) is 13.1 Å². The van der Waals surface area contributed by atoms with E-state index in [2.05, 4.69) is 10.6 Å². The van der Waals surface area contributed by atoms with E-state index in [9.17, 15) is 14.7 Å². The number of aliphatic hydroxyl groups is 1. The number of aliphatic hydroxyl groups excluding tert-OH is 1. The Labute approximate surface area is 151 Å². The van der Waals surface area contributed by atoms with Crippen molar-refractivity contribution in [1.82, 2.24) is 10.6 Å². The van der Waals surface area contributed by atoms with Gasteiger partial charge >= 0.3 is 11.8 Å². The standard InChI is InChI=1S/C19H22N2O3S/c1-13-3-5-14(6-4-13)11-20-18(23)19(24)21-12-17(22)15-7-9-16(25-2)10-8-15/h3-10,17,22H,11-12H2,1-2H3,(H,20,23)(H,21,24). The minimum atomic E-state index is -0.857. The average Bonchev–Trinajstić information content (AvgIpc) is 2.65. The fourth-order valence-corrected chi connectivity index (χ4v) is 2.59. The van der Waals surface area contributed by atoms with Crippen molar-refractivity contribution in [3.63, 3.8) is 0 Å². The number of hydrogen-bond acceptors (Lipinski definition) is 4. The van der Waals surface area contributed by atoms with Crippen LogP contribution in [0.15, 0.2) is 53.4 Å². The van der Waals surface area contributed by atoms with Crippen molar-refractivity contribution in [2.24, 2.45) is 0 Å². The number of aryl methyl sites for hydroxylation is 1. The van der Waals surface area contributed by atoms with Gasteiger partial charge in [0.15, 0.2) is 0 Å². The SMILES string of the molecule is CSc1ccc(C(O)CNC(=O)C(=O)NCc2ccc(C)cc2)cc1. The second-order valence-electron chi connectivity index (χ2n) is 5.67. The molecule has 0 aliphatic heterocycles. The van der Waals surface area contributed by atoms with Gasteiger partial charge in [0.25, 0.3) is 0 Å². The lowest BCUT2D eigenvalue weighted by molar-refractivity contribution is -0.139. The number of rotatable bonds is 6. The molecule has 2 aromatic carbocycles. The molecule has 5 nitrogen and oxygen atoms in total. The molecule has 0 heterocycles. The third-order valence-corrected chi connectivity index (χ3v) is 4.48. The summed E-state index contributed by atoms with van der Waals surface area (Å²) in [5.74, 6) is -1.47. The highest BCUT2D eigenvalue weighted by molar-refractivity contribution is 7.98. The van der Waals surface area contributed by atoms with Gasteiger partial charge < -0.3 is 15.7 Å². The summed E-state index contributed by atoms with van der Waals surface area (Å²) >= 11 is 1.61. The first-order valence-corrected chi connectivity index (χ1v) is 9.15. The predicted octanol–water partition coefficient (Wildman–Crippen LogP) is 2.18. The molecule has 0 saturated carbocycles. The van der Waals surface area contributed by atoms with Crippen molar-refractivity contribution in [2.45, 2.75) is 24.5 Å². The number of benzene rings is 2. The lowest BCUT2D eigenvalue weighted by Gasteiger charge is -2.12. The molecule has 1 unspecified atom stereocenters. The molecular formula is C19H22N2O3S. The maximum Gasteiger partial charge on any atom is 0.309 e. The molecule has 25 heavy (non-hydrogen) atoms. The number of amides is 2. The molecule has 0 bridgehead atoms. The summed E-state index contributed by atoms with van der Waals surface area (Å²) in [4.78, 5) is 24.7. The molecule has 0 spiro atoms. The van der Waals surface area contributed by atoms with Crippen molar-refractivity contribution in [3.05, 3.63) is 65.2 Å². The van der Waals surface area contributed by atoms with Crippen molar-refractivity contribution in [3.8, 4) is 0 Å². The highest BCUT2D eigenvalue weighted by atomic mass is 32.2. The van der Waals surface area contributed by atoms with E-state index in [1.54, 1.807) is 23.9 Å². The van der Waals surface area contributed by atoms with Gasteiger partial charge in [-0.15, -0.1) is 11.8 Å². The molecule has 6 heteroatoms. The summed E-state index contributed by atoms with van der Waals surface area (Å²) in [5, 5.41) is 15.1. The van der Waals surface area contributed by atoms with Crippen LogP contribution in [-0.2, 0) is 16.1 Å². The fourth-order valence-electron chi connectivity index (χ4n) is 2.18. The van der Waals surface area contributed by atoms with Crippen LogP contribution in [0.25, 0.3) is 0 Å². The van der Waals surface area contributed by atoms with Crippen LogP contribution < -0.4 is 10.6 Å². The Hall–Kier alpha value is -2.31. The Kier molecular flexibility index (Phi) is 7.03. The summed E-state index contributed by atoms with van der Waals surface area (Å²) in [5.41, 5.74) is 2.74. The number of carbonyl (C=O) groups excluding carboxylic acids is 2. The van der Waals surface area contributed by atoms with E-state index < -0.39 is 17.9 Å². The number of thioether (sulfide) groups is 1. The minimum Gasteiger partial charge on any atom is -0.387 e. The molecule has 0 fully saturated rings. The molecule has 2 aromatic rings. The van der Waals surface area contributed by atoms with Gasteiger partial charge in [-0.05, 0) is 36.4 Å². The van der Waals surface area contributed by atoms with Gasteiger partial charge in [-0.2, -0.15) is 0 Å². The molecule has 0 aliphatic rings. The quantitative estimate of drug-likeness (QED) is 0.546. The third kappa shape index (κ3) is 5.92. The van der Waals surface area contributed by atoms with Crippen LogP contribution in [0.4, 0.5) is 0 Å². The molecule has 2 amide bonds. The molecule has 0 aromatic heterocycles. The van der Waals surface area contributed by atoms with Crippen LogP contribution in [0.3, 0.4) is 0 Å². The Bertz CT molecular complexity index is 714. The normalized spacial score (nSPS) is 11.6. The second-order valence-corrected chi connectivity index (χ2v) is 6.55. The summed E-state index contributed by atoms with van der Waals surface area (Å²) in [6.45, 7) is 2.25. The van der Waals surface area contributed by atoms with Crippen LogP contribution in [0, 0.1) is 6.92 Å². The van der Waals surface area contributed by atoms with E-state index >= 15 is 0 Å². The zero-order valence-electron chi connectivity index (χ0n) is 14.3. The second kappa shape index (κ2) is 9.25. The predicted molar refractivity (Wildman–Crippen MR) is 99.2 cm³/mol. The van der Waals surface area contributed by atoms with Gasteiger partial charge in [-0.1, -0.05) is 42.0 Å². The maximum absolute atomic E-state index is 11.8. The molecule has 0 aliphatic carbocycles. The summed E-state index contributed by atoms with van der Waals surface area (Å²) in [7, 11) is 0. The number of carbonyl (C=O) groups is 2. The summed E-state index contributed by atoms with van der Waals surface area (Å²) in [6, 6.07) is 15.1. The van der Waals surface area contributed by atoms with Crippen LogP contribution >= 0.6 is 11.8 Å². The molecule has 132 valence electrons. The molecule has 0 saturated heterocycles. The monoisotopic (exact) mass is 358 g/mol. The van der Waals surface area contributed by atoms with Crippen molar-refractivity contribution in [1.29, 1.82) is 0 Å². The lowest BCUT2D eigenvalue weighted by Crippen LogP contribution is -2.41. The van der Waals surface area contributed by atoms with Gasteiger partial charge in [0.2, 0.25) is 0 Å². The van der Waals surface area contributed by atoms with E-state index in [1.165, 1.54) is 0 Å². The third-order valence-electron chi connectivity index (χ3n) is 3.74. The van der Waals surface area contributed by atoms with Gasteiger partial charge in [0.05, 0.1) is 6.10 Å². The smallest absolute Gasteiger partial charge is 0.309 e. The summed E-state index contributed by atoms with van der Waals surface area (Å²) in [6.07, 6.45) is 1.12. The Morgan fingerprint density at radius 1 is 1.00 bits per heavy atom. The van der Waals surface area contributed by atoms with Gasteiger partial charge in [-0.3, -0.25) is 9.59 Å². The number of nitrogens with one attached hydrogen (secondary N) is 2. The van der Waals surface area contributed by atoms with E-state index in [0.29, 0.717) is 5.56 Å². The van der Waals surface area contributed by atoms with Crippen LogP contribution in [-0.4, -0.2) is 29.7 Å². The molecule has 2 rings (SSSR count). The van der Waals surface area contributed by atoms with Gasteiger partial charge in [0, 0.05) is 18.0 Å². The highest BCUT2D eigenvalue weighted by Crippen LogP contribution is 2.18. The molecular weight excluding hydrogens is 336 g/mol. The highest BCUT2D eigenvalue weighted by Gasteiger charge is 2.15. The van der Waals surface area contributed by atoms with Crippen LogP contribution in [0.5, 0.6) is 0 Å². The topological polar surface area (TPSA) is 78.4 Å². The fraction of sp³-hybridized carbons (Fsp3) is 0.263. The summed E-state index contributed by atoms with van der Waals surface area (Å²) < 4.78 is 0. The van der Waals surface area contributed by atoms with Crippen molar-refractivity contribution < 1.29 is 14.7 Å². The van der Waals surface area contributed by atoms with Crippen LogP contribution in [0.2, 0.25) is 0 Å². The first-order valence-electron chi connectivity index (χ1n) is 7.93. The molecule has 1 atom stereocenters. The molecule has 3 N–H and O–H groups in total. The average molecular weight is 358 g/mol. The van der Waals surface area contributed by atoms with E-state index in [4.69, 9.17) is 0 Å². The van der Waals surface area contributed by atoms with E-state index in [0.717, 1.165) is 16.0 Å². The van der Waals surface area contributed by atoms with Crippen LogP contribution in [0.1, 0.15) is 22.8 Å². The largest absolute Gasteiger partial charge is 0.387 e. The van der Waals surface area contributed by atoms with Gasteiger partial charge in [0.1, 0.15) is 0 Å². The maximum atomic E-state index is 11.8. The molecule has 0 radical (unpaired) electrons. The Balaban J connectivity index is 1.78. The number of hydrogen-bond donors (Lipinski definition) is 3. The van der Waals surface area contributed by atoms with E-state index in [1.807, 2.05) is 49.6 Å².